The largest absolute Gasteiger partial charge is 0.423 e. The second kappa shape index (κ2) is 5.84. The summed E-state index contributed by atoms with van der Waals surface area (Å²) in [4.78, 5) is 23.7. The van der Waals surface area contributed by atoms with Gasteiger partial charge in [0.05, 0.1) is 5.56 Å². The zero-order valence-electron chi connectivity index (χ0n) is 10.7. The van der Waals surface area contributed by atoms with E-state index in [1.54, 1.807) is 48.5 Å². The Balaban J connectivity index is 2.43. The third-order valence-corrected chi connectivity index (χ3v) is 2.71. The van der Waals surface area contributed by atoms with Crippen molar-refractivity contribution in [3.63, 3.8) is 0 Å². The molecule has 2 aromatic rings. The smallest absolute Gasteiger partial charge is 0.335 e. The highest BCUT2D eigenvalue weighted by molar-refractivity contribution is 6.13. The Labute approximate surface area is 116 Å². The molecule has 0 atom stereocenters. The summed E-state index contributed by atoms with van der Waals surface area (Å²) in [6.45, 7) is 3.32. The zero-order valence-corrected chi connectivity index (χ0v) is 10.7. The van der Waals surface area contributed by atoms with Crippen LogP contribution in [0.2, 0.25) is 0 Å². The molecule has 0 aliphatic carbocycles. The Hall–Kier alpha value is -2.88. The van der Waals surface area contributed by atoms with E-state index in [0.29, 0.717) is 11.3 Å². The number of nitrogen functional groups attached to an aromatic ring is 1. The Bertz CT molecular complexity index is 677. The lowest BCUT2D eigenvalue weighted by molar-refractivity contribution is -0.128. The number of hydrogen-bond donors (Lipinski definition) is 1. The summed E-state index contributed by atoms with van der Waals surface area (Å²) in [6, 6.07) is 13.2. The van der Waals surface area contributed by atoms with Gasteiger partial charge in [-0.1, -0.05) is 30.8 Å². The molecule has 0 heterocycles. The van der Waals surface area contributed by atoms with E-state index >= 15 is 0 Å². The Morgan fingerprint density at radius 2 is 1.60 bits per heavy atom. The highest BCUT2D eigenvalue weighted by atomic mass is 16.5. The molecule has 100 valence electrons. The van der Waals surface area contributed by atoms with Gasteiger partial charge in [-0.2, -0.15) is 0 Å². The predicted molar refractivity (Wildman–Crippen MR) is 76.6 cm³/mol. The quantitative estimate of drug-likeness (QED) is 0.304. The summed E-state index contributed by atoms with van der Waals surface area (Å²) in [5, 5.41) is 0. The van der Waals surface area contributed by atoms with Crippen molar-refractivity contribution in [2.45, 2.75) is 0 Å². The van der Waals surface area contributed by atoms with Gasteiger partial charge >= 0.3 is 5.97 Å². The number of benzene rings is 2. The number of carbonyl (C=O) groups excluding carboxylic acids is 2. The molecule has 0 fully saturated rings. The molecule has 0 aliphatic heterocycles. The van der Waals surface area contributed by atoms with E-state index < -0.39 is 5.97 Å². The van der Waals surface area contributed by atoms with Gasteiger partial charge in [0.25, 0.3) is 0 Å². The fourth-order valence-electron chi connectivity index (χ4n) is 1.74. The summed E-state index contributed by atoms with van der Waals surface area (Å²) < 4.78 is 5.06. The number of para-hydroxylation sites is 2. The lowest BCUT2D eigenvalue weighted by Gasteiger charge is -2.09. The van der Waals surface area contributed by atoms with Crippen molar-refractivity contribution in [2.24, 2.45) is 0 Å². The first-order valence-corrected chi connectivity index (χ1v) is 5.96. The van der Waals surface area contributed by atoms with Crippen LogP contribution in [0.4, 0.5) is 5.69 Å². The van der Waals surface area contributed by atoms with E-state index in [1.165, 1.54) is 0 Å². The predicted octanol–water partition coefficient (Wildman–Crippen LogP) is 2.59. The van der Waals surface area contributed by atoms with Crippen LogP contribution in [0, 0.1) is 0 Å². The molecule has 4 nitrogen and oxygen atoms in total. The zero-order chi connectivity index (χ0) is 14.5. The highest BCUT2D eigenvalue weighted by Gasteiger charge is 2.17. The topological polar surface area (TPSA) is 69.4 Å². The van der Waals surface area contributed by atoms with Crippen molar-refractivity contribution in [2.75, 3.05) is 5.73 Å². The third kappa shape index (κ3) is 2.75. The number of nitrogens with two attached hydrogens (primary N) is 1. The number of hydrogen-bond acceptors (Lipinski definition) is 4. The minimum Gasteiger partial charge on any atom is -0.423 e. The van der Waals surface area contributed by atoms with Gasteiger partial charge in [-0.25, -0.2) is 4.79 Å². The molecule has 2 aromatic carbocycles. The molecule has 0 saturated heterocycles. The van der Waals surface area contributed by atoms with Gasteiger partial charge in [0, 0.05) is 17.3 Å². The van der Waals surface area contributed by atoms with Crippen LogP contribution < -0.4 is 10.5 Å². The van der Waals surface area contributed by atoms with Gasteiger partial charge in [-0.15, -0.1) is 0 Å². The molecule has 0 unspecified atom stereocenters. The molecule has 0 amide bonds. The minimum atomic E-state index is -0.619. The van der Waals surface area contributed by atoms with E-state index in [0.717, 1.165) is 6.08 Å². The van der Waals surface area contributed by atoms with Gasteiger partial charge in [-0.05, 0) is 24.3 Å². The van der Waals surface area contributed by atoms with Crippen LogP contribution in [-0.2, 0) is 4.79 Å². The first-order valence-electron chi connectivity index (χ1n) is 5.96. The van der Waals surface area contributed by atoms with Crippen LogP contribution in [0.1, 0.15) is 15.9 Å². The molecule has 0 aliphatic rings. The Morgan fingerprint density at radius 3 is 2.25 bits per heavy atom. The van der Waals surface area contributed by atoms with Crippen LogP contribution in [0.3, 0.4) is 0 Å². The molecule has 4 heteroatoms. The van der Waals surface area contributed by atoms with Crippen molar-refractivity contribution in [3.8, 4) is 5.75 Å². The molecular formula is C16H13NO3. The van der Waals surface area contributed by atoms with Crippen molar-refractivity contribution in [3.05, 3.63) is 72.3 Å². The minimum absolute atomic E-state index is 0.186. The average molecular weight is 267 g/mol. The average Bonchev–Trinajstić information content (AvgIpc) is 2.47. The SMILES string of the molecule is C=CC(=O)Oc1ccccc1C(=O)c1ccccc1N. The van der Waals surface area contributed by atoms with E-state index in [1.807, 2.05) is 0 Å². The summed E-state index contributed by atoms with van der Waals surface area (Å²) in [5.74, 6) is -0.729. The standard InChI is InChI=1S/C16H13NO3/c1-2-15(18)20-14-10-6-4-8-12(14)16(19)11-7-3-5-9-13(11)17/h2-10H,1,17H2. The number of esters is 1. The maximum absolute atomic E-state index is 12.5. The first kappa shape index (κ1) is 13.5. The Kier molecular flexibility index (Phi) is 3.96. The van der Waals surface area contributed by atoms with Gasteiger partial charge in [0.15, 0.2) is 5.78 Å². The summed E-state index contributed by atoms with van der Waals surface area (Å²) in [7, 11) is 0. The van der Waals surface area contributed by atoms with E-state index in [4.69, 9.17) is 10.5 Å². The number of anilines is 1. The number of ketones is 1. The molecule has 0 spiro atoms. The van der Waals surface area contributed by atoms with Crippen LogP contribution in [-0.4, -0.2) is 11.8 Å². The van der Waals surface area contributed by atoms with E-state index in [2.05, 4.69) is 6.58 Å². The van der Waals surface area contributed by atoms with Crippen molar-refractivity contribution >= 4 is 17.4 Å². The number of ether oxygens (including phenoxy) is 1. The second-order valence-electron chi connectivity index (χ2n) is 4.04. The normalized spacial score (nSPS) is 9.80. The van der Waals surface area contributed by atoms with Gasteiger partial charge in [-0.3, -0.25) is 4.79 Å². The molecule has 0 saturated carbocycles. The lowest BCUT2D eigenvalue weighted by atomic mass is 10.0. The van der Waals surface area contributed by atoms with Crippen LogP contribution in [0.5, 0.6) is 5.75 Å². The summed E-state index contributed by atoms with van der Waals surface area (Å²) >= 11 is 0. The van der Waals surface area contributed by atoms with E-state index in [9.17, 15) is 9.59 Å². The van der Waals surface area contributed by atoms with Crippen molar-refractivity contribution < 1.29 is 14.3 Å². The van der Waals surface area contributed by atoms with Crippen LogP contribution >= 0.6 is 0 Å². The van der Waals surface area contributed by atoms with Crippen molar-refractivity contribution in [1.82, 2.24) is 0 Å². The summed E-state index contributed by atoms with van der Waals surface area (Å²) in [5.41, 5.74) is 6.82. The molecule has 0 aromatic heterocycles. The first-order chi connectivity index (χ1) is 9.63. The second-order valence-corrected chi connectivity index (χ2v) is 4.04. The molecule has 0 radical (unpaired) electrons. The molecule has 0 bridgehead atoms. The molecule has 20 heavy (non-hydrogen) atoms. The number of rotatable bonds is 4. The summed E-state index contributed by atoms with van der Waals surface area (Å²) in [6.07, 6.45) is 1.04. The highest BCUT2D eigenvalue weighted by Crippen LogP contribution is 2.24. The number of carbonyl (C=O) groups is 2. The van der Waals surface area contributed by atoms with Crippen LogP contribution in [0.25, 0.3) is 0 Å². The van der Waals surface area contributed by atoms with Gasteiger partial charge < -0.3 is 10.5 Å². The molecular weight excluding hydrogens is 254 g/mol. The lowest BCUT2D eigenvalue weighted by Crippen LogP contribution is -2.10. The monoisotopic (exact) mass is 267 g/mol. The van der Waals surface area contributed by atoms with Crippen molar-refractivity contribution in [1.29, 1.82) is 0 Å². The van der Waals surface area contributed by atoms with E-state index in [-0.39, 0.29) is 17.1 Å². The fraction of sp³-hybridized carbons (Fsp3) is 0. The van der Waals surface area contributed by atoms with Gasteiger partial charge in [0.1, 0.15) is 5.75 Å². The fourth-order valence-corrected chi connectivity index (χ4v) is 1.74. The van der Waals surface area contributed by atoms with Crippen LogP contribution in [0.15, 0.2) is 61.2 Å². The maximum atomic E-state index is 12.5. The molecule has 2 N–H and O–H groups in total. The Morgan fingerprint density at radius 1 is 1.00 bits per heavy atom. The maximum Gasteiger partial charge on any atom is 0.335 e. The molecule has 2 rings (SSSR count). The third-order valence-electron chi connectivity index (χ3n) is 2.71. The van der Waals surface area contributed by atoms with Gasteiger partial charge in [0.2, 0.25) is 0 Å².